The van der Waals surface area contributed by atoms with E-state index < -0.39 is 6.04 Å². The minimum Gasteiger partial charge on any atom is -0.497 e. The van der Waals surface area contributed by atoms with Crippen LogP contribution in [-0.2, 0) is 19.1 Å². The van der Waals surface area contributed by atoms with Crippen molar-refractivity contribution >= 4 is 52.0 Å². The van der Waals surface area contributed by atoms with Crippen molar-refractivity contribution < 1.29 is 23.9 Å². The molecule has 1 saturated heterocycles. The zero-order valence-corrected chi connectivity index (χ0v) is 25.3. The predicted octanol–water partition coefficient (Wildman–Crippen LogP) is 5.75. The molecule has 220 valence electrons. The fourth-order valence-electron chi connectivity index (χ4n) is 5.45. The molecular weight excluding hydrogens is 576 g/mol. The minimum atomic E-state index is -0.558. The number of hydrogen-bond donors (Lipinski definition) is 1. The lowest BCUT2D eigenvalue weighted by Gasteiger charge is -2.37. The highest BCUT2D eigenvalue weighted by Crippen LogP contribution is 2.45. The summed E-state index contributed by atoms with van der Waals surface area (Å²) in [6.45, 7) is 4.84. The predicted molar refractivity (Wildman–Crippen MR) is 164 cm³/mol. The van der Waals surface area contributed by atoms with Crippen LogP contribution in [0.4, 0.5) is 5.69 Å². The maximum Gasteiger partial charge on any atom is 0.310 e. The van der Waals surface area contributed by atoms with Crippen molar-refractivity contribution in [1.82, 2.24) is 9.80 Å². The van der Waals surface area contributed by atoms with Gasteiger partial charge in [-0.3, -0.25) is 14.4 Å². The van der Waals surface area contributed by atoms with E-state index in [9.17, 15) is 14.4 Å². The van der Waals surface area contributed by atoms with Gasteiger partial charge in [0.05, 0.1) is 43.4 Å². The van der Waals surface area contributed by atoms with Gasteiger partial charge < -0.3 is 24.6 Å². The van der Waals surface area contributed by atoms with E-state index in [-0.39, 0.29) is 30.1 Å². The fraction of sp³-hybridized carbons (Fsp3) is 0.355. The molecule has 2 aromatic rings. The quantitative estimate of drug-likeness (QED) is 0.381. The molecule has 0 aromatic heterocycles. The van der Waals surface area contributed by atoms with Crippen LogP contribution in [0.15, 0.2) is 75.9 Å². The van der Waals surface area contributed by atoms with Gasteiger partial charge in [-0.1, -0.05) is 35.5 Å². The van der Waals surface area contributed by atoms with Crippen molar-refractivity contribution in [2.45, 2.75) is 39.2 Å². The van der Waals surface area contributed by atoms with Crippen LogP contribution >= 0.6 is 23.4 Å². The van der Waals surface area contributed by atoms with Crippen molar-refractivity contribution in [3.8, 4) is 5.75 Å². The third-order valence-corrected chi connectivity index (χ3v) is 8.61. The van der Waals surface area contributed by atoms with Crippen LogP contribution in [0.5, 0.6) is 5.75 Å². The minimum absolute atomic E-state index is 0.0857. The van der Waals surface area contributed by atoms with Gasteiger partial charge in [-0.15, -0.1) is 0 Å². The summed E-state index contributed by atoms with van der Waals surface area (Å²) >= 11 is 7.84. The van der Waals surface area contributed by atoms with Gasteiger partial charge in [-0.25, -0.2) is 4.99 Å². The number of nitrogens with one attached hydrogen (secondary N) is 1. The van der Waals surface area contributed by atoms with E-state index in [0.717, 1.165) is 17.7 Å². The summed E-state index contributed by atoms with van der Waals surface area (Å²) in [5.74, 6) is -0.285. The van der Waals surface area contributed by atoms with Gasteiger partial charge in [0.25, 0.3) is 5.91 Å². The molecule has 5 rings (SSSR count). The first-order chi connectivity index (χ1) is 20.3. The number of esters is 1. The number of nitrogens with zero attached hydrogens (tertiary/aromatic N) is 3. The van der Waals surface area contributed by atoms with Crippen molar-refractivity contribution in [3.05, 3.63) is 81.5 Å². The van der Waals surface area contributed by atoms with Gasteiger partial charge in [0.15, 0.2) is 5.17 Å². The second-order valence-electron chi connectivity index (χ2n) is 10.2. The monoisotopic (exact) mass is 608 g/mol. The Morgan fingerprint density at radius 2 is 1.95 bits per heavy atom. The number of rotatable bonds is 8. The van der Waals surface area contributed by atoms with Gasteiger partial charge in [0.2, 0.25) is 5.91 Å². The molecule has 0 aliphatic carbocycles. The fourth-order valence-corrected chi connectivity index (χ4v) is 6.61. The summed E-state index contributed by atoms with van der Waals surface area (Å²) < 4.78 is 10.4. The topological polar surface area (TPSA) is 101 Å². The molecule has 11 heteroatoms. The second kappa shape index (κ2) is 13.0. The Morgan fingerprint density at radius 3 is 2.67 bits per heavy atom. The number of ether oxygens (including phenoxy) is 2. The largest absolute Gasteiger partial charge is 0.497 e. The maximum atomic E-state index is 13.8. The number of anilines is 1. The zero-order valence-electron chi connectivity index (χ0n) is 23.8. The Kier molecular flexibility index (Phi) is 9.23. The number of carbonyl (C=O) groups is 3. The number of fused-ring (bicyclic) bond motifs is 1. The molecule has 2 aromatic carbocycles. The number of piperidine rings is 1. The number of thioether (sulfide) groups is 1. The Hall–Kier alpha value is -3.76. The maximum absolute atomic E-state index is 13.8. The van der Waals surface area contributed by atoms with Gasteiger partial charge in [0, 0.05) is 29.5 Å². The number of amidine groups is 1. The molecule has 0 spiro atoms. The first-order valence-corrected chi connectivity index (χ1v) is 15.1. The van der Waals surface area contributed by atoms with Gasteiger partial charge in [0.1, 0.15) is 5.75 Å². The van der Waals surface area contributed by atoms with Gasteiger partial charge in [-0.2, -0.15) is 0 Å². The standard InChI is InChI=1S/C31H33ClN4O5S/c1-4-41-30(39)21-8-6-14-35(17-21)26(37)16-24-18-42-31-33-19(2)27(28(36(24)31)20-7-5-9-22(32)15-20)29(38)34-23-10-12-25(40-3)13-11-23/h5,7,9-13,15,18,21,28H,4,6,8,14,16-17H2,1-3H3,(H,34,38)/t21-,28+/m0/s1. The Morgan fingerprint density at radius 1 is 1.17 bits per heavy atom. The number of allylic oxidation sites excluding steroid dienone is 1. The molecule has 0 unspecified atom stereocenters. The molecule has 0 bridgehead atoms. The van der Waals surface area contributed by atoms with Crippen molar-refractivity contribution in [3.63, 3.8) is 0 Å². The SMILES string of the molecule is CCOC(=O)[C@H]1CCCN(C(=O)CC2=CSC3=NC(C)=C(C(=O)Nc4ccc(OC)cc4)[C@@H](c4cccc(Cl)c4)N23)C1. The summed E-state index contributed by atoms with van der Waals surface area (Å²) in [6, 6.07) is 13.9. The molecule has 0 radical (unpaired) electrons. The van der Waals surface area contributed by atoms with E-state index >= 15 is 0 Å². The lowest BCUT2D eigenvalue weighted by molar-refractivity contribution is -0.151. The summed E-state index contributed by atoms with van der Waals surface area (Å²) in [6.07, 6.45) is 1.55. The van der Waals surface area contributed by atoms with Crippen LogP contribution < -0.4 is 10.1 Å². The lowest BCUT2D eigenvalue weighted by Crippen LogP contribution is -2.44. The smallest absolute Gasteiger partial charge is 0.310 e. The number of hydrogen-bond acceptors (Lipinski definition) is 8. The lowest BCUT2D eigenvalue weighted by atomic mass is 9.93. The average Bonchev–Trinajstić information content (AvgIpc) is 3.38. The van der Waals surface area contributed by atoms with E-state index in [1.54, 1.807) is 49.3 Å². The normalized spacial score (nSPS) is 20.0. The zero-order chi connectivity index (χ0) is 29.8. The van der Waals surface area contributed by atoms with Crippen LogP contribution in [0.2, 0.25) is 5.02 Å². The molecule has 2 amide bonds. The summed E-state index contributed by atoms with van der Waals surface area (Å²) in [4.78, 5) is 48.2. The number of benzene rings is 2. The number of amides is 2. The van der Waals surface area contributed by atoms with E-state index in [1.165, 1.54) is 11.8 Å². The van der Waals surface area contributed by atoms with E-state index in [0.29, 0.717) is 59.0 Å². The molecule has 9 nitrogen and oxygen atoms in total. The van der Waals surface area contributed by atoms with Crippen LogP contribution in [0, 0.1) is 5.92 Å². The van der Waals surface area contributed by atoms with Crippen LogP contribution in [-0.4, -0.2) is 59.6 Å². The molecule has 0 saturated carbocycles. The molecule has 1 N–H and O–H groups in total. The summed E-state index contributed by atoms with van der Waals surface area (Å²) in [5, 5.41) is 6.13. The van der Waals surface area contributed by atoms with Crippen LogP contribution in [0.1, 0.15) is 44.7 Å². The van der Waals surface area contributed by atoms with Crippen molar-refractivity contribution in [2.75, 3.05) is 32.1 Å². The molecule has 3 aliphatic rings. The highest BCUT2D eigenvalue weighted by atomic mass is 35.5. The van der Waals surface area contributed by atoms with E-state index in [4.69, 9.17) is 26.1 Å². The summed E-state index contributed by atoms with van der Waals surface area (Å²) in [5.41, 5.74) is 3.19. The highest BCUT2D eigenvalue weighted by Gasteiger charge is 2.41. The molecular formula is C31H33ClN4O5S. The number of methoxy groups -OCH3 is 1. The average molecular weight is 609 g/mol. The Balaban J connectivity index is 1.42. The van der Waals surface area contributed by atoms with Gasteiger partial charge >= 0.3 is 5.97 Å². The number of halogens is 1. The van der Waals surface area contributed by atoms with E-state index in [2.05, 4.69) is 5.32 Å². The number of likely N-dealkylation sites (tertiary alicyclic amines) is 1. The molecule has 3 heterocycles. The molecule has 3 aliphatic heterocycles. The van der Waals surface area contributed by atoms with Crippen LogP contribution in [0.3, 0.4) is 0 Å². The summed E-state index contributed by atoms with van der Waals surface area (Å²) in [7, 11) is 1.59. The van der Waals surface area contributed by atoms with Crippen LogP contribution in [0.25, 0.3) is 0 Å². The third-order valence-electron chi connectivity index (χ3n) is 7.48. The molecule has 2 atom stereocenters. The van der Waals surface area contributed by atoms with Crippen molar-refractivity contribution in [1.29, 1.82) is 0 Å². The third kappa shape index (κ3) is 6.34. The number of carbonyl (C=O) groups excluding carboxylic acids is 3. The highest BCUT2D eigenvalue weighted by molar-refractivity contribution is 8.16. The van der Waals surface area contributed by atoms with E-state index in [1.807, 2.05) is 35.4 Å². The van der Waals surface area contributed by atoms with Gasteiger partial charge in [-0.05, 0) is 74.1 Å². The first kappa shape index (κ1) is 29.7. The molecule has 1 fully saturated rings. The van der Waals surface area contributed by atoms with Crippen molar-refractivity contribution in [2.24, 2.45) is 10.9 Å². The number of aliphatic imine (C=N–C) groups is 1. The Bertz CT molecular complexity index is 1470. The molecule has 42 heavy (non-hydrogen) atoms. The first-order valence-electron chi connectivity index (χ1n) is 13.9. The second-order valence-corrected chi connectivity index (χ2v) is 11.5. The Labute approximate surface area is 254 Å².